The molecular formula is C18H18FN3O4S. The highest BCUT2D eigenvalue weighted by Crippen LogP contribution is 2.27. The summed E-state index contributed by atoms with van der Waals surface area (Å²) in [6.07, 6.45) is 3.27. The first kappa shape index (κ1) is 17.6. The number of benzene rings is 2. The van der Waals surface area contributed by atoms with Crippen molar-refractivity contribution >= 4 is 32.5 Å². The average molecular weight is 391 g/mol. The molecule has 0 spiro atoms. The lowest BCUT2D eigenvalue weighted by atomic mass is 10.1. The highest BCUT2D eigenvalue weighted by Gasteiger charge is 2.20. The molecule has 1 saturated heterocycles. The Balaban J connectivity index is 1.65. The number of nitrogens with one attached hydrogen (secondary N) is 2. The van der Waals surface area contributed by atoms with Gasteiger partial charge >= 0.3 is 5.76 Å². The maximum absolute atomic E-state index is 14.2. The maximum Gasteiger partial charge on any atom is 0.417 e. The van der Waals surface area contributed by atoms with Gasteiger partial charge in [-0.1, -0.05) is 0 Å². The number of piperidine rings is 1. The minimum atomic E-state index is -4.05. The SMILES string of the molecule is O=c1[nH]c2ccc(S(=O)(=O)Nc3cc(N4CCCCC4)ccc3F)cc2o1. The first-order chi connectivity index (χ1) is 12.9. The van der Waals surface area contributed by atoms with Crippen LogP contribution >= 0.6 is 0 Å². The first-order valence-corrected chi connectivity index (χ1v) is 10.1. The molecule has 2 heterocycles. The van der Waals surface area contributed by atoms with Crippen molar-refractivity contribution in [3.63, 3.8) is 0 Å². The number of sulfonamides is 1. The Hall–Kier alpha value is -2.81. The van der Waals surface area contributed by atoms with E-state index in [9.17, 15) is 17.6 Å². The number of anilines is 2. The van der Waals surface area contributed by atoms with Gasteiger partial charge in [0.05, 0.1) is 16.1 Å². The van der Waals surface area contributed by atoms with Gasteiger partial charge < -0.3 is 9.32 Å². The first-order valence-electron chi connectivity index (χ1n) is 8.63. The van der Waals surface area contributed by atoms with Gasteiger partial charge in [0.15, 0.2) is 5.58 Å². The molecule has 4 rings (SSSR count). The Morgan fingerprint density at radius 1 is 1.07 bits per heavy atom. The Morgan fingerprint density at radius 2 is 1.85 bits per heavy atom. The number of fused-ring (bicyclic) bond motifs is 1. The van der Waals surface area contributed by atoms with E-state index in [1.54, 1.807) is 6.07 Å². The van der Waals surface area contributed by atoms with Crippen LogP contribution in [0.4, 0.5) is 15.8 Å². The van der Waals surface area contributed by atoms with E-state index in [1.165, 1.54) is 30.3 Å². The molecule has 0 saturated carbocycles. The van der Waals surface area contributed by atoms with Crippen LogP contribution in [0, 0.1) is 5.82 Å². The lowest BCUT2D eigenvalue weighted by Gasteiger charge is -2.29. The molecule has 0 radical (unpaired) electrons. The molecule has 2 aromatic carbocycles. The van der Waals surface area contributed by atoms with Crippen LogP contribution in [0.15, 0.2) is 50.5 Å². The quantitative estimate of drug-likeness (QED) is 0.713. The van der Waals surface area contributed by atoms with Gasteiger partial charge in [0.1, 0.15) is 5.82 Å². The second-order valence-electron chi connectivity index (χ2n) is 6.49. The predicted molar refractivity (Wildman–Crippen MR) is 100 cm³/mol. The van der Waals surface area contributed by atoms with Crippen molar-refractivity contribution in [2.45, 2.75) is 24.2 Å². The summed E-state index contributed by atoms with van der Waals surface area (Å²) < 4.78 is 46.8. The van der Waals surface area contributed by atoms with Gasteiger partial charge in [0, 0.05) is 24.8 Å². The number of oxazole rings is 1. The molecule has 9 heteroatoms. The van der Waals surface area contributed by atoms with Gasteiger partial charge in [-0.3, -0.25) is 9.71 Å². The third-order valence-electron chi connectivity index (χ3n) is 4.62. The number of aromatic nitrogens is 1. The Bertz CT molecular complexity index is 1150. The number of rotatable bonds is 4. The van der Waals surface area contributed by atoms with Gasteiger partial charge in [-0.2, -0.15) is 0 Å². The minimum Gasteiger partial charge on any atom is -0.408 e. The zero-order valence-corrected chi connectivity index (χ0v) is 15.2. The topological polar surface area (TPSA) is 95.4 Å². The number of halogens is 1. The molecule has 142 valence electrons. The molecule has 2 N–H and O–H groups in total. The van der Waals surface area contributed by atoms with E-state index < -0.39 is 21.6 Å². The summed E-state index contributed by atoms with van der Waals surface area (Å²) in [5.74, 6) is -1.33. The van der Waals surface area contributed by atoms with Crippen molar-refractivity contribution in [1.29, 1.82) is 0 Å². The fourth-order valence-corrected chi connectivity index (χ4v) is 4.31. The number of hydrogen-bond acceptors (Lipinski definition) is 5. The third-order valence-corrected chi connectivity index (χ3v) is 5.98. The standard InChI is InChI=1S/C18H18FN3O4S/c19-14-6-4-12(22-8-2-1-3-9-22)10-16(14)21-27(24,25)13-5-7-15-17(11-13)26-18(23)20-15/h4-7,10-11,21H,1-3,8-9H2,(H,20,23). The molecule has 0 amide bonds. The van der Waals surface area contributed by atoms with Crippen molar-refractivity contribution in [2.75, 3.05) is 22.7 Å². The number of hydrogen-bond donors (Lipinski definition) is 2. The van der Waals surface area contributed by atoms with Gasteiger partial charge in [0.2, 0.25) is 0 Å². The van der Waals surface area contributed by atoms with E-state index in [0.717, 1.165) is 38.0 Å². The smallest absolute Gasteiger partial charge is 0.408 e. The molecule has 27 heavy (non-hydrogen) atoms. The van der Waals surface area contributed by atoms with E-state index in [-0.39, 0.29) is 16.2 Å². The summed E-state index contributed by atoms with van der Waals surface area (Å²) in [5.41, 5.74) is 1.16. The Labute approximate surface area is 154 Å². The summed E-state index contributed by atoms with van der Waals surface area (Å²) in [6, 6.07) is 8.39. The molecule has 0 atom stereocenters. The predicted octanol–water partition coefficient (Wildman–Crippen LogP) is 3.05. The fraction of sp³-hybridized carbons (Fsp3) is 0.278. The monoisotopic (exact) mass is 391 g/mol. The van der Waals surface area contributed by atoms with Crippen LogP contribution in [-0.2, 0) is 10.0 Å². The summed E-state index contributed by atoms with van der Waals surface area (Å²) in [7, 11) is -4.05. The molecular weight excluding hydrogens is 373 g/mol. The molecule has 0 unspecified atom stereocenters. The van der Waals surface area contributed by atoms with Gasteiger partial charge in [-0.05, 0) is 49.6 Å². The molecule has 7 nitrogen and oxygen atoms in total. The molecule has 3 aromatic rings. The van der Waals surface area contributed by atoms with E-state index >= 15 is 0 Å². The minimum absolute atomic E-state index is 0.116. The van der Waals surface area contributed by atoms with Crippen LogP contribution in [0.1, 0.15) is 19.3 Å². The van der Waals surface area contributed by atoms with Crippen molar-refractivity contribution in [2.24, 2.45) is 0 Å². The van der Waals surface area contributed by atoms with E-state index in [1.807, 2.05) is 0 Å². The van der Waals surface area contributed by atoms with E-state index in [4.69, 9.17) is 4.42 Å². The lowest BCUT2D eigenvalue weighted by molar-refractivity contribution is 0.554. The summed E-state index contributed by atoms with van der Waals surface area (Å²) >= 11 is 0. The molecule has 1 fully saturated rings. The zero-order valence-electron chi connectivity index (χ0n) is 14.4. The van der Waals surface area contributed by atoms with Crippen LogP contribution in [0.25, 0.3) is 11.1 Å². The van der Waals surface area contributed by atoms with E-state index in [0.29, 0.717) is 5.52 Å². The average Bonchev–Trinajstić information content (AvgIpc) is 3.03. The Morgan fingerprint density at radius 3 is 2.63 bits per heavy atom. The third kappa shape index (κ3) is 3.55. The van der Waals surface area contributed by atoms with Gasteiger partial charge in [0.25, 0.3) is 10.0 Å². The van der Waals surface area contributed by atoms with Crippen molar-refractivity contribution in [3.8, 4) is 0 Å². The van der Waals surface area contributed by atoms with Crippen molar-refractivity contribution in [3.05, 3.63) is 52.8 Å². The van der Waals surface area contributed by atoms with Crippen LogP contribution in [-0.4, -0.2) is 26.5 Å². The summed E-state index contributed by atoms with van der Waals surface area (Å²) in [6.45, 7) is 1.72. The van der Waals surface area contributed by atoms with Crippen LogP contribution in [0.2, 0.25) is 0 Å². The van der Waals surface area contributed by atoms with Gasteiger partial charge in [-0.25, -0.2) is 17.6 Å². The maximum atomic E-state index is 14.2. The van der Waals surface area contributed by atoms with Crippen LogP contribution in [0.5, 0.6) is 0 Å². The molecule has 1 aromatic heterocycles. The van der Waals surface area contributed by atoms with Crippen LogP contribution in [0.3, 0.4) is 0 Å². The number of H-pyrrole nitrogens is 1. The largest absolute Gasteiger partial charge is 0.417 e. The Kier molecular flexibility index (Phi) is 4.39. The molecule has 0 bridgehead atoms. The van der Waals surface area contributed by atoms with E-state index in [2.05, 4.69) is 14.6 Å². The second-order valence-corrected chi connectivity index (χ2v) is 8.17. The van der Waals surface area contributed by atoms with Crippen LogP contribution < -0.4 is 15.4 Å². The fourth-order valence-electron chi connectivity index (χ4n) is 3.24. The summed E-state index contributed by atoms with van der Waals surface area (Å²) in [5, 5.41) is 0. The molecule has 0 aliphatic carbocycles. The normalized spacial score (nSPS) is 15.2. The van der Waals surface area contributed by atoms with Crippen molar-refractivity contribution < 1.29 is 17.2 Å². The lowest BCUT2D eigenvalue weighted by Crippen LogP contribution is -2.29. The highest BCUT2D eigenvalue weighted by molar-refractivity contribution is 7.92. The van der Waals surface area contributed by atoms with Crippen molar-refractivity contribution in [1.82, 2.24) is 4.98 Å². The number of aromatic amines is 1. The van der Waals surface area contributed by atoms with Gasteiger partial charge in [-0.15, -0.1) is 0 Å². The number of nitrogens with zero attached hydrogens (tertiary/aromatic N) is 1. The molecule has 1 aliphatic rings. The zero-order chi connectivity index (χ0) is 19.0. The summed E-state index contributed by atoms with van der Waals surface area (Å²) in [4.78, 5) is 15.7. The molecule has 1 aliphatic heterocycles. The second kappa shape index (κ2) is 6.73. The highest BCUT2D eigenvalue weighted by atomic mass is 32.2.